The Morgan fingerprint density at radius 3 is 2.94 bits per heavy atom. The minimum absolute atomic E-state index is 0.0287. The lowest BCUT2D eigenvalue weighted by Gasteiger charge is -2.11. The van der Waals surface area contributed by atoms with Crippen LogP contribution in [0.15, 0.2) is 16.7 Å². The Bertz CT molecular complexity index is 429. The van der Waals surface area contributed by atoms with Crippen LogP contribution in [0.4, 0.5) is 0 Å². The number of rotatable bonds is 2. The summed E-state index contributed by atoms with van der Waals surface area (Å²) in [6.45, 7) is 0.693. The van der Waals surface area contributed by atoms with Gasteiger partial charge in [0.1, 0.15) is 11.7 Å². The average molecular weight is 286 g/mol. The van der Waals surface area contributed by atoms with Gasteiger partial charge in [-0.25, -0.2) is 0 Å². The highest BCUT2D eigenvalue weighted by atomic mass is 79.9. The molecule has 0 radical (unpaired) electrons. The van der Waals surface area contributed by atoms with Crippen LogP contribution in [0.2, 0.25) is 0 Å². The van der Waals surface area contributed by atoms with Crippen molar-refractivity contribution >= 4 is 27.7 Å². The van der Waals surface area contributed by atoms with E-state index in [9.17, 15) is 9.59 Å². The van der Waals surface area contributed by atoms with Crippen LogP contribution in [-0.2, 0) is 4.79 Å². The maximum atomic E-state index is 11.7. The van der Waals surface area contributed by atoms with Gasteiger partial charge in [0.25, 0.3) is 5.91 Å². The fraction of sp³-hybridized carbons (Fsp3) is 0.400. The number of nitrogens with zero attached hydrogens (tertiary/aromatic N) is 1. The quantitative estimate of drug-likeness (QED) is 0.842. The average Bonchev–Trinajstić information content (AvgIpc) is 2.79. The minimum Gasteiger partial charge on any atom is -0.356 e. The molecule has 0 bridgehead atoms. The second-order valence-corrected chi connectivity index (χ2v) is 4.72. The molecule has 5 nitrogen and oxygen atoms in total. The Kier molecular flexibility index (Phi) is 3.00. The maximum Gasteiger partial charge on any atom is 0.268 e. The molecular formula is C10H12BrN3O2. The first-order chi connectivity index (χ1) is 7.58. The monoisotopic (exact) mass is 285 g/mol. The fourth-order valence-corrected chi connectivity index (χ4v) is 2.03. The summed E-state index contributed by atoms with van der Waals surface area (Å²) in [4.78, 5) is 27.7. The summed E-state index contributed by atoms with van der Waals surface area (Å²) >= 11 is 3.25. The number of carbonyl (C=O) groups excluding carboxylic acids is 2. The van der Waals surface area contributed by atoms with Gasteiger partial charge in [-0.2, -0.15) is 0 Å². The van der Waals surface area contributed by atoms with Gasteiger partial charge in [0.05, 0.1) is 0 Å². The Balaban J connectivity index is 2.01. The normalized spacial score (nSPS) is 20.2. The number of amides is 2. The summed E-state index contributed by atoms with van der Waals surface area (Å²) in [5, 5.41) is 2.71. The molecule has 86 valence electrons. The molecule has 1 aromatic heterocycles. The lowest BCUT2D eigenvalue weighted by Crippen LogP contribution is -2.40. The lowest BCUT2D eigenvalue weighted by atomic mass is 10.2. The van der Waals surface area contributed by atoms with Gasteiger partial charge in [-0.1, -0.05) is 0 Å². The molecule has 0 aromatic carbocycles. The Hall–Kier alpha value is -1.30. The molecule has 0 unspecified atom stereocenters. The minimum atomic E-state index is -0.389. The second-order valence-electron chi connectivity index (χ2n) is 3.81. The number of halogens is 1. The number of nitrogens with one attached hydrogen (secondary N) is 2. The summed E-state index contributed by atoms with van der Waals surface area (Å²) in [6, 6.07) is 1.29. The van der Waals surface area contributed by atoms with Crippen LogP contribution in [0.25, 0.3) is 0 Å². The number of carbonyl (C=O) groups is 2. The first-order valence-electron chi connectivity index (χ1n) is 4.97. The Labute approximate surface area is 101 Å². The molecule has 6 heteroatoms. The molecule has 1 aliphatic heterocycles. The van der Waals surface area contributed by atoms with E-state index in [0.29, 0.717) is 18.7 Å². The highest BCUT2D eigenvalue weighted by Crippen LogP contribution is 2.12. The molecule has 1 aliphatic rings. The molecule has 1 aromatic rings. The second kappa shape index (κ2) is 4.29. The van der Waals surface area contributed by atoms with E-state index in [-0.39, 0.29) is 17.9 Å². The topological polar surface area (TPSA) is 65.2 Å². The van der Waals surface area contributed by atoms with Crippen molar-refractivity contribution in [3.8, 4) is 0 Å². The van der Waals surface area contributed by atoms with E-state index in [4.69, 9.17) is 0 Å². The molecule has 1 saturated heterocycles. The van der Waals surface area contributed by atoms with Crippen LogP contribution >= 0.6 is 15.9 Å². The Morgan fingerprint density at radius 2 is 2.44 bits per heavy atom. The highest BCUT2D eigenvalue weighted by Gasteiger charge is 2.30. The van der Waals surface area contributed by atoms with Gasteiger partial charge in [-0.15, -0.1) is 0 Å². The summed E-state index contributed by atoms with van der Waals surface area (Å²) in [5.74, 6) is -0.279. The molecule has 2 rings (SSSR count). The van der Waals surface area contributed by atoms with Crippen molar-refractivity contribution in [1.82, 2.24) is 15.2 Å². The van der Waals surface area contributed by atoms with E-state index in [0.717, 1.165) is 4.47 Å². The third-order valence-corrected chi connectivity index (χ3v) is 3.08. The molecule has 0 aliphatic carbocycles. The molecule has 1 atom stereocenters. The van der Waals surface area contributed by atoms with Crippen molar-refractivity contribution < 1.29 is 9.59 Å². The Morgan fingerprint density at radius 1 is 1.69 bits per heavy atom. The maximum absolute atomic E-state index is 11.7. The van der Waals surface area contributed by atoms with Gasteiger partial charge >= 0.3 is 0 Å². The third-order valence-electron chi connectivity index (χ3n) is 2.63. The number of H-pyrrole nitrogens is 1. The zero-order chi connectivity index (χ0) is 11.7. The third kappa shape index (κ3) is 2.11. The number of hydrogen-bond acceptors (Lipinski definition) is 2. The van der Waals surface area contributed by atoms with Crippen LogP contribution in [0, 0.1) is 0 Å². The first-order valence-corrected chi connectivity index (χ1v) is 5.77. The van der Waals surface area contributed by atoms with Gasteiger partial charge in [0, 0.05) is 24.3 Å². The van der Waals surface area contributed by atoms with Crippen molar-refractivity contribution in [3.63, 3.8) is 0 Å². The van der Waals surface area contributed by atoms with Gasteiger partial charge in [-0.3, -0.25) is 9.59 Å². The van der Waals surface area contributed by atoms with Crippen molar-refractivity contribution in [3.05, 3.63) is 22.4 Å². The zero-order valence-corrected chi connectivity index (χ0v) is 10.4. The van der Waals surface area contributed by atoms with E-state index in [1.165, 1.54) is 0 Å². The van der Waals surface area contributed by atoms with Crippen LogP contribution in [0.3, 0.4) is 0 Å². The number of aromatic nitrogens is 1. The van der Waals surface area contributed by atoms with Gasteiger partial charge in [0.15, 0.2) is 0 Å². The molecular weight excluding hydrogens is 274 g/mol. The summed E-state index contributed by atoms with van der Waals surface area (Å²) in [6.07, 6.45) is 2.35. The molecule has 2 N–H and O–H groups in total. The molecule has 0 saturated carbocycles. The molecule has 16 heavy (non-hydrogen) atoms. The summed E-state index contributed by atoms with van der Waals surface area (Å²) in [5.41, 5.74) is 0.453. The fourth-order valence-electron chi connectivity index (χ4n) is 1.69. The highest BCUT2D eigenvalue weighted by molar-refractivity contribution is 9.10. The van der Waals surface area contributed by atoms with E-state index in [2.05, 4.69) is 26.2 Å². The van der Waals surface area contributed by atoms with Gasteiger partial charge < -0.3 is 15.2 Å². The van der Waals surface area contributed by atoms with Crippen molar-refractivity contribution in [2.75, 3.05) is 13.6 Å². The van der Waals surface area contributed by atoms with E-state index >= 15 is 0 Å². The predicted octanol–water partition coefficient (Wildman–Crippen LogP) is 0.738. The van der Waals surface area contributed by atoms with Crippen LogP contribution in [0.5, 0.6) is 0 Å². The van der Waals surface area contributed by atoms with Crippen LogP contribution in [0.1, 0.15) is 16.9 Å². The largest absolute Gasteiger partial charge is 0.356 e. The van der Waals surface area contributed by atoms with Gasteiger partial charge in [-0.05, 0) is 28.4 Å². The lowest BCUT2D eigenvalue weighted by molar-refractivity contribution is -0.128. The van der Waals surface area contributed by atoms with Crippen LogP contribution in [-0.4, -0.2) is 41.3 Å². The van der Waals surface area contributed by atoms with Crippen LogP contribution < -0.4 is 5.32 Å². The smallest absolute Gasteiger partial charge is 0.268 e. The van der Waals surface area contributed by atoms with Gasteiger partial charge in [0.2, 0.25) is 5.91 Å². The predicted molar refractivity (Wildman–Crippen MR) is 62.0 cm³/mol. The van der Waals surface area contributed by atoms with Crippen molar-refractivity contribution in [1.29, 1.82) is 0 Å². The van der Waals surface area contributed by atoms with Crippen molar-refractivity contribution in [2.24, 2.45) is 0 Å². The molecule has 0 spiro atoms. The molecule has 2 heterocycles. The van der Waals surface area contributed by atoms with E-state index in [1.807, 2.05) is 0 Å². The van der Waals surface area contributed by atoms with Crippen molar-refractivity contribution in [2.45, 2.75) is 12.5 Å². The SMILES string of the molecule is CN1CC[C@@H](NC(=O)c2cc(Br)c[nH]2)C1=O. The number of likely N-dealkylation sites (N-methyl/N-ethyl adjacent to an activating group) is 1. The number of likely N-dealkylation sites (tertiary alicyclic amines) is 1. The van der Waals surface area contributed by atoms with E-state index < -0.39 is 0 Å². The first kappa shape index (κ1) is 11.2. The van der Waals surface area contributed by atoms with E-state index in [1.54, 1.807) is 24.2 Å². The standard InChI is InChI=1S/C10H12BrN3O2/c1-14-3-2-7(10(14)16)13-9(15)8-4-6(11)5-12-8/h4-5,7,12H,2-3H2,1H3,(H,13,15)/t7-/m1/s1. The zero-order valence-electron chi connectivity index (χ0n) is 8.79. The summed E-state index contributed by atoms with van der Waals surface area (Å²) < 4.78 is 0.813. The summed E-state index contributed by atoms with van der Waals surface area (Å²) in [7, 11) is 1.74. The molecule has 1 fully saturated rings. The molecule has 2 amide bonds. The number of aromatic amines is 1. The number of hydrogen-bond donors (Lipinski definition) is 2.